The van der Waals surface area contributed by atoms with Gasteiger partial charge in [0.15, 0.2) is 0 Å². The van der Waals surface area contributed by atoms with Crippen molar-refractivity contribution in [2.45, 2.75) is 53.7 Å². The molecule has 1 amide bonds. The molecule has 0 aliphatic heterocycles. The van der Waals surface area contributed by atoms with Crippen molar-refractivity contribution in [2.24, 2.45) is 5.92 Å². The molecule has 2 aromatic heterocycles. The second-order valence-electron chi connectivity index (χ2n) is 8.23. The fourth-order valence-corrected chi connectivity index (χ4v) is 4.09. The Bertz CT molecular complexity index is 1020. The maximum atomic E-state index is 12.8. The predicted molar refractivity (Wildman–Crippen MR) is 130 cm³/mol. The lowest BCUT2D eigenvalue weighted by molar-refractivity contribution is 0.0948. The van der Waals surface area contributed by atoms with E-state index >= 15 is 0 Å². The lowest BCUT2D eigenvalue weighted by atomic mass is 10.2. The van der Waals surface area contributed by atoms with Crippen LogP contribution in [0.4, 0.5) is 0 Å². The molecule has 7 heteroatoms. The molecule has 32 heavy (non-hydrogen) atoms. The molecule has 0 aliphatic rings. The van der Waals surface area contributed by atoms with E-state index in [2.05, 4.69) is 30.7 Å². The first-order chi connectivity index (χ1) is 15.4. The van der Waals surface area contributed by atoms with Crippen LogP contribution in [0.5, 0.6) is 11.5 Å². The topological polar surface area (TPSA) is 65.4 Å². The number of aromatic nitrogens is 2. The molecule has 1 aromatic carbocycles. The molecule has 0 fully saturated rings. The molecular formula is C25H33N3O3S. The molecule has 6 nitrogen and oxygen atoms in total. The van der Waals surface area contributed by atoms with Crippen molar-refractivity contribution < 1.29 is 14.3 Å². The van der Waals surface area contributed by atoms with Gasteiger partial charge in [0.25, 0.3) is 5.91 Å². The number of benzene rings is 1. The number of carbonyl (C=O) groups excluding carboxylic acids is 1. The number of methoxy groups -OCH3 is 1. The van der Waals surface area contributed by atoms with Gasteiger partial charge in [0, 0.05) is 24.2 Å². The van der Waals surface area contributed by atoms with E-state index in [4.69, 9.17) is 14.5 Å². The van der Waals surface area contributed by atoms with Gasteiger partial charge in [0.05, 0.1) is 24.1 Å². The molecular weight excluding hydrogens is 422 g/mol. The maximum absolute atomic E-state index is 12.8. The fraction of sp³-hybridized carbons (Fsp3) is 0.440. The van der Waals surface area contributed by atoms with Crippen LogP contribution in [0.1, 0.15) is 54.7 Å². The first-order valence-electron chi connectivity index (χ1n) is 11.1. The Hall–Kier alpha value is -2.80. The lowest BCUT2D eigenvalue weighted by Gasteiger charge is -2.11. The van der Waals surface area contributed by atoms with Gasteiger partial charge in [-0.1, -0.05) is 27.2 Å². The Kier molecular flexibility index (Phi) is 8.33. The van der Waals surface area contributed by atoms with E-state index in [1.807, 2.05) is 42.6 Å². The highest BCUT2D eigenvalue weighted by molar-refractivity contribution is 7.09. The second-order valence-corrected chi connectivity index (χ2v) is 9.17. The summed E-state index contributed by atoms with van der Waals surface area (Å²) in [4.78, 5) is 17.6. The Balaban J connectivity index is 1.78. The van der Waals surface area contributed by atoms with Crippen LogP contribution < -0.4 is 14.8 Å². The van der Waals surface area contributed by atoms with Crippen LogP contribution in [-0.2, 0) is 13.2 Å². The van der Waals surface area contributed by atoms with Crippen LogP contribution in [0.25, 0.3) is 11.4 Å². The third kappa shape index (κ3) is 5.91. The Morgan fingerprint density at radius 1 is 1.22 bits per heavy atom. The average molecular weight is 456 g/mol. The number of unbranched alkanes of at least 4 members (excludes halogenated alkanes) is 1. The van der Waals surface area contributed by atoms with Crippen molar-refractivity contribution in [3.63, 3.8) is 0 Å². The standard InChI is InChI=1S/C25H33N3O3S/c1-6-7-12-28-18(4)21(25(29)26-14-17(2)3)13-23(28)22-16-32-24(27-22)15-31-20-10-8-19(30-5)9-11-20/h8-11,13,16-17H,6-7,12,14-15H2,1-5H3,(H,26,29). The van der Waals surface area contributed by atoms with Gasteiger partial charge in [-0.15, -0.1) is 11.3 Å². The zero-order valence-electron chi connectivity index (χ0n) is 19.6. The average Bonchev–Trinajstić information content (AvgIpc) is 3.39. The Labute approximate surface area is 194 Å². The van der Waals surface area contributed by atoms with E-state index < -0.39 is 0 Å². The van der Waals surface area contributed by atoms with E-state index in [1.54, 1.807) is 18.4 Å². The van der Waals surface area contributed by atoms with Crippen LogP contribution >= 0.6 is 11.3 Å². The highest BCUT2D eigenvalue weighted by Crippen LogP contribution is 2.29. The maximum Gasteiger partial charge on any atom is 0.253 e. The zero-order valence-corrected chi connectivity index (χ0v) is 20.4. The van der Waals surface area contributed by atoms with Gasteiger partial charge >= 0.3 is 0 Å². The van der Waals surface area contributed by atoms with Crippen molar-refractivity contribution in [1.82, 2.24) is 14.9 Å². The van der Waals surface area contributed by atoms with Crippen LogP contribution in [0, 0.1) is 12.8 Å². The number of nitrogens with one attached hydrogen (secondary N) is 1. The number of nitrogens with zero attached hydrogens (tertiary/aromatic N) is 2. The van der Waals surface area contributed by atoms with Crippen molar-refractivity contribution in [3.05, 3.63) is 52.0 Å². The van der Waals surface area contributed by atoms with Gasteiger partial charge in [0.2, 0.25) is 0 Å². The number of carbonyl (C=O) groups is 1. The third-order valence-electron chi connectivity index (χ3n) is 5.25. The van der Waals surface area contributed by atoms with Gasteiger partial charge in [0.1, 0.15) is 23.1 Å². The van der Waals surface area contributed by atoms with E-state index in [1.165, 1.54) is 0 Å². The van der Waals surface area contributed by atoms with E-state index in [0.29, 0.717) is 19.1 Å². The van der Waals surface area contributed by atoms with Gasteiger partial charge in [-0.25, -0.2) is 4.98 Å². The summed E-state index contributed by atoms with van der Waals surface area (Å²) in [6.45, 7) is 10.3. The molecule has 0 aliphatic carbocycles. The van der Waals surface area contributed by atoms with Crippen LogP contribution in [0.3, 0.4) is 0 Å². The zero-order chi connectivity index (χ0) is 23.1. The van der Waals surface area contributed by atoms with Gasteiger partial charge in [-0.2, -0.15) is 0 Å². The quantitative estimate of drug-likeness (QED) is 0.403. The van der Waals surface area contributed by atoms with Gasteiger partial charge < -0.3 is 19.4 Å². The number of amides is 1. The number of hydrogen-bond acceptors (Lipinski definition) is 5. The number of thiazole rings is 1. The summed E-state index contributed by atoms with van der Waals surface area (Å²) in [6.07, 6.45) is 2.14. The molecule has 0 saturated carbocycles. The summed E-state index contributed by atoms with van der Waals surface area (Å²) in [7, 11) is 1.64. The van der Waals surface area contributed by atoms with Crippen molar-refractivity contribution in [1.29, 1.82) is 0 Å². The monoisotopic (exact) mass is 455 g/mol. The molecule has 0 saturated heterocycles. The Morgan fingerprint density at radius 2 is 1.94 bits per heavy atom. The molecule has 172 valence electrons. The van der Waals surface area contributed by atoms with Crippen LogP contribution in [-0.4, -0.2) is 29.1 Å². The smallest absolute Gasteiger partial charge is 0.253 e. The normalized spacial score (nSPS) is 11.1. The molecule has 1 N–H and O–H groups in total. The number of hydrogen-bond donors (Lipinski definition) is 1. The molecule has 3 aromatic rings. The summed E-state index contributed by atoms with van der Waals surface area (Å²) < 4.78 is 13.3. The molecule has 0 unspecified atom stereocenters. The van der Waals surface area contributed by atoms with E-state index in [-0.39, 0.29) is 5.91 Å². The van der Waals surface area contributed by atoms with Crippen LogP contribution in [0.2, 0.25) is 0 Å². The molecule has 3 rings (SSSR count). The SMILES string of the molecule is CCCCn1c(-c2csc(COc3ccc(OC)cc3)n2)cc(C(=O)NCC(C)C)c1C. The predicted octanol–water partition coefficient (Wildman–Crippen LogP) is 5.69. The second kappa shape index (κ2) is 11.2. The minimum absolute atomic E-state index is 0.0222. The Morgan fingerprint density at radius 3 is 2.59 bits per heavy atom. The van der Waals surface area contributed by atoms with Gasteiger partial charge in [-0.05, 0) is 49.6 Å². The summed E-state index contributed by atoms with van der Waals surface area (Å²) in [5.74, 6) is 1.96. The van der Waals surface area contributed by atoms with Crippen molar-refractivity contribution in [3.8, 4) is 22.9 Å². The first kappa shape index (κ1) is 23.9. The van der Waals surface area contributed by atoms with Crippen molar-refractivity contribution in [2.75, 3.05) is 13.7 Å². The van der Waals surface area contributed by atoms with E-state index in [0.717, 1.165) is 58.5 Å². The highest BCUT2D eigenvalue weighted by Gasteiger charge is 2.20. The molecule has 2 heterocycles. The summed E-state index contributed by atoms with van der Waals surface area (Å²) in [6, 6.07) is 9.49. The van der Waals surface area contributed by atoms with E-state index in [9.17, 15) is 4.79 Å². The summed E-state index contributed by atoms with van der Waals surface area (Å²) in [5.41, 5.74) is 3.57. The first-order valence-corrected chi connectivity index (χ1v) is 12.0. The molecule has 0 radical (unpaired) electrons. The van der Waals surface area contributed by atoms with Crippen LogP contribution in [0.15, 0.2) is 35.7 Å². The van der Waals surface area contributed by atoms with Crippen molar-refractivity contribution >= 4 is 17.2 Å². The fourth-order valence-electron chi connectivity index (χ4n) is 3.40. The summed E-state index contributed by atoms with van der Waals surface area (Å²) >= 11 is 1.57. The number of rotatable bonds is 11. The minimum Gasteiger partial charge on any atom is -0.497 e. The largest absolute Gasteiger partial charge is 0.497 e. The number of ether oxygens (including phenoxy) is 2. The third-order valence-corrected chi connectivity index (χ3v) is 6.08. The molecule has 0 bridgehead atoms. The molecule has 0 spiro atoms. The highest BCUT2D eigenvalue weighted by atomic mass is 32.1. The minimum atomic E-state index is -0.0222. The molecule has 0 atom stereocenters. The lowest BCUT2D eigenvalue weighted by Crippen LogP contribution is -2.27. The van der Waals surface area contributed by atoms with Gasteiger partial charge in [-0.3, -0.25) is 4.79 Å². The summed E-state index contributed by atoms with van der Waals surface area (Å²) in [5, 5.41) is 5.97.